The lowest BCUT2D eigenvalue weighted by atomic mass is 10.1. The summed E-state index contributed by atoms with van der Waals surface area (Å²) in [5, 5.41) is 9.63. The molecule has 1 aromatic carbocycles. The van der Waals surface area contributed by atoms with Gasteiger partial charge in [0.25, 0.3) is 0 Å². The molecule has 2 rings (SSSR count). The Morgan fingerprint density at radius 1 is 1.38 bits per heavy atom. The van der Waals surface area contributed by atoms with Crippen LogP contribution in [0.2, 0.25) is 0 Å². The van der Waals surface area contributed by atoms with Gasteiger partial charge >= 0.3 is 5.97 Å². The molecule has 6 nitrogen and oxygen atoms in total. The smallest absolute Gasteiger partial charge is 0.341 e. The topological polar surface area (TPSA) is 83.9 Å². The van der Waals surface area contributed by atoms with Crippen LogP contribution in [0.15, 0.2) is 34.7 Å². The number of carbonyl (C=O) groups is 1. The maximum absolute atomic E-state index is 12.5. The molecule has 0 amide bonds. The number of methoxy groups -OCH3 is 1. The molecule has 0 bridgehead atoms. The highest BCUT2D eigenvalue weighted by atomic mass is 32.2. The van der Waals surface area contributed by atoms with Crippen molar-refractivity contribution in [2.45, 2.75) is 18.2 Å². The van der Waals surface area contributed by atoms with Gasteiger partial charge in [-0.3, -0.25) is 0 Å². The monoisotopic (exact) mass is 311 g/mol. The summed E-state index contributed by atoms with van der Waals surface area (Å²) in [5.41, 5.74) is 0.990. The number of benzene rings is 1. The van der Waals surface area contributed by atoms with Crippen molar-refractivity contribution >= 4 is 16.0 Å². The highest BCUT2D eigenvalue weighted by Gasteiger charge is 2.27. The first kappa shape index (κ1) is 15.5. The molecule has 7 heteroatoms. The Hall–Kier alpha value is -1.86. The number of ether oxygens (including phenoxy) is 1. The summed E-state index contributed by atoms with van der Waals surface area (Å²) in [6, 6.07) is 3.61. The fourth-order valence-corrected chi connectivity index (χ4v) is 3.48. The number of phenolic OH excluding ortho intramolecular Hbond substituents is 1. The van der Waals surface area contributed by atoms with Crippen molar-refractivity contribution in [3.8, 4) is 5.75 Å². The van der Waals surface area contributed by atoms with Crippen LogP contribution in [0.3, 0.4) is 0 Å². The van der Waals surface area contributed by atoms with Gasteiger partial charge in [0.2, 0.25) is 10.0 Å². The minimum Gasteiger partial charge on any atom is -0.507 e. The summed E-state index contributed by atoms with van der Waals surface area (Å²) in [4.78, 5) is 11.5. The van der Waals surface area contributed by atoms with Gasteiger partial charge in [0.1, 0.15) is 11.3 Å². The van der Waals surface area contributed by atoms with Gasteiger partial charge in [0.15, 0.2) is 0 Å². The van der Waals surface area contributed by atoms with Crippen LogP contribution in [0.25, 0.3) is 0 Å². The van der Waals surface area contributed by atoms with Crippen LogP contribution in [0.4, 0.5) is 0 Å². The molecule has 21 heavy (non-hydrogen) atoms. The van der Waals surface area contributed by atoms with Gasteiger partial charge in [0, 0.05) is 13.1 Å². The molecule has 0 aliphatic carbocycles. The van der Waals surface area contributed by atoms with Crippen molar-refractivity contribution in [2.24, 2.45) is 0 Å². The Balaban J connectivity index is 2.39. The average molecular weight is 311 g/mol. The molecule has 1 aliphatic heterocycles. The van der Waals surface area contributed by atoms with Crippen LogP contribution in [-0.4, -0.2) is 44.0 Å². The first-order chi connectivity index (χ1) is 9.86. The number of hydrogen-bond donors (Lipinski definition) is 1. The molecule has 1 heterocycles. The maximum atomic E-state index is 12.5. The lowest BCUT2D eigenvalue weighted by Crippen LogP contribution is -2.34. The number of rotatable bonds is 3. The first-order valence-electron chi connectivity index (χ1n) is 6.43. The van der Waals surface area contributed by atoms with Crippen molar-refractivity contribution in [3.63, 3.8) is 0 Å². The number of phenols is 1. The third-order valence-corrected chi connectivity index (χ3v) is 5.27. The standard InChI is InChI=1S/C14H17NO5S/c1-10-5-7-15(8-6-10)21(18,19)11-3-4-13(16)12(9-11)14(17)20-2/h3-5,9,16H,6-8H2,1-2H3. The minimum atomic E-state index is -3.70. The quantitative estimate of drug-likeness (QED) is 0.676. The zero-order valence-electron chi connectivity index (χ0n) is 11.9. The zero-order valence-corrected chi connectivity index (χ0v) is 12.7. The highest BCUT2D eigenvalue weighted by Crippen LogP contribution is 2.25. The molecule has 0 saturated carbocycles. The largest absolute Gasteiger partial charge is 0.507 e. The van der Waals surface area contributed by atoms with Gasteiger partial charge in [-0.15, -0.1) is 0 Å². The van der Waals surface area contributed by atoms with E-state index in [1.807, 2.05) is 13.0 Å². The van der Waals surface area contributed by atoms with Crippen molar-refractivity contribution in [1.82, 2.24) is 4.31 Å². The summed E-state index contributed by atoms with van der Waals surface area (Å²) in [5.74, 6) is -1.09. The Labute approximate surface area is 123 Å². The second-order valence-corrected chi connectivity index (χ2v) is 6.77. The predicted octanol–water partition coefficient (Wildman–Crippen LogP) is 1.52. The average Bonchev–Trinajstić information content (AvgIpc) is 2.47. The molecular weight excluding hydrogens is 294 g/mol. The number of carbonyl (C=O) groups excluding carboxylic acids is 1. The van der Waals surface area contributed by atoms with Crippen LogP contribution in [0.1, 0.15) is 23.7 Å². The molecule has 0 radical (unpaired) electrons. The molecule has 0 unspecified atom stereocenters. The highest BCUT2D eigenvalue weighted by molar-refractivity contribution is 7.89. The Bertz CT molecular complexity index is 693. The number of aromatic hydroxyl groups is 1. The summed E-state index contributed by atoms with van der Waals surface area (Å²) >= 11 is 0. The molecule has 1 N–H and O–H groups in total. The van der Waals surface area contributed by atoms with Crippen LogP contribution in [-0.2, 0) is 14.8 Å². The van der Waals surface area contributed by atoms with E-state index in [4.69, 9.17) is 0 Å². The molecule has 0 aromatic heterocycles. The van der Waals surface area contributed by atoms with Gasteiger partial charge in [-0.25, -0.2) is 13.2 Å². The Morgan fingerprint density at radius 3 is 2.67 bits per heavy atom. The second kappa shape index (κ2) is 5.87. The van der Waals surface area contributed by atoms with E-state index < -0.39 is 16.0 Å². The maximum Gasteiger partial charge on any atom is 0.341 e. The lowest BCUT2D eigenvalue weighted by molar-refractivity contribution is 0.0597. The van der Waals surface area contributed by atoms with Crippen LogP contribution in [0.5, 0.6) is 5.75 Å². The third-order valence-electron chi connectivity index (χ3n) is 3.41. The SMILES string of the molecule is COC(=O)c1cc(S(=O)(=O)N2CC=C(C)CC2)ccc1O. The molecule has 0 saturated heterocycles. The number of esters is 1. The number of hydrogen-bond acceptors (Lipinski definition) is 5. The fraction of sp³-hybridized carbons (Fsp3) is 0.357. The molecule has 0 fully saturated rings. The van der Waals surface area contributed by atoms with E-state index in [2.05, 4.69) is 4.74 Å². The summed E-state index contributed by atoms with van der Waals surface area (Å²) in [7, 11) is -2.53. The van der Waals surface area contributed by atoms with Crippen molar-refractivity contribution in [1.29, 1.82) is 0 Å². The number of sulfonamides is 1. The molecular formula is C14H17NO5S. The van der Waals surface area contributed by atoms with E-state index in [9.17, 15) is 18.3 Å². The zero-order chi connectivity index (χ0) is 15.6. The van der Waals surface area contributed by atoms with Gasteiger partial charge in [-0.1, -0.05) is 11.6 Å². The van der Waals surface area contributed by atoms with Crippen molar-refractivity contribution < 1.29 is 23.1 Å². The van der Waals surface area contributed by atoms with E-state index in [1.54, 1.807) is 0 Å². The minimum absolute atomic E-state index is 0.0337. The van der Waals surface area contributed by atoms with Crippen molar-refractivity contribution in [3.05, 3.63) is 35.4 Å². The molecule has 1 aromatic rings. The first-order valence-corrected chi connectivity index (χ1v) is 7.87. The van der Waals surface area contributed by atoms with E-state index >= 15 is 0 Å². The summed E-state index contributed by atoms with van der Waals surface area (Å²) < 4.78 is 30.9. The van der Waals surface area contributed by atoms with Gasteiger partial charge in [-0.05, 0) is 31.5 Å². The van der Waals surface area contributed by atoms with E-state index in [0.717, 1.165) is 11.6 Å². The second-order valence-electron chi connectivity index (χ2n) is 4.83. The van der Waals surface area contributed by atoms with E-state index in [1.165, 1.54) is 23.5 Å². The van der Waals surface area contributed by atoms with Gasteiger partial charge in [0.05, 0.1) is 12.0 Å². The Kier molecular flexibility index (Phi) is 4.34. The van der Waals surface area contributed by atoms with Crippen LogP contribution < -0.4 is 0 Å². The third kappa shape index (κ3) is 3.08. The molecule has 0 atom stereocenters. The normalized spacial score (nSPS) is 16.4. The van der Waals surface area contributed by atoms with E-state index in [0.29, 0.717) is 19.5 Å². The van der Waals surface area contributed by atoms with Crippen LogP contribution in [0, 0.1) is 0 Å². The Morgan fingerprint density at radius 2 is 2.10 bits per heavy atom. The van der Waals surface area contributed by atoms with Gasteiger partial charge < -0.3 is 9.84 Å². The summed E-state index contributed by atoms with van der Waals surface area (Å²) in [6.07, 6.45) is 2.55. The van der Waals surface area contributed by atoms with Gasteiger partial charge in [-0.2, -0.15) is 4.31 Å². The lowest BCUT2D eigenvalue weighted by Gasteiger charge is -2.25. The molecule has 114 valence electrons. The fourth-order valence-electron chi connectivity index (χ4n) is 2.07. The molecule has 0 spiro atoms. The number of nitrogens with zero attached hydrogens (tertiary/aromatic N) is 1. The van der Waals surface area contributed by atoms with Crippen LogP contribution >= 0.6 is 0 Å². The van der Waals surface area contributed by atoms with E-state index in [-0.39, 0.29) is 16.2 Å². The summed E-state index contributed by atoms with van der Waals surface area (Å²) in [6.45, 7) is 2.67. The molecule has 1 aliphatic rings. The predicted molar refractivity (Wildman–Crippen MR) is 76.6 cm³/mol. The van der Waals surface area contributed by atoms with Crippen molar-refractivity contribution in [2.75, 3.05) is 20.2 Å².